The van der Waals surface area contributed by atoms with Gasteiger partial charge in [0.05, 0.1) is 13.2 Å². The number of hydrogen-bond donors (Lipinski definition) is 0. The molecule has 0 spiro atoms. The third-order valence-corrected chi connectivity index (χ3v) is 7.02. The molecule has 0 aliphatic carbocycles. The van der Waals surface area contributed by atoms with Crippen LogP contribution in [0, 0.1) is 5.92 Å². The monoisotopic (exact) mass is 508 g/mol. The van der Waals surface area contributed by atoms with Gasteiger partial charge in [-0.25, -0.2) is 4.79 Å². The fourth-order valence-electron chi connectivity index (χ4n) is 4.59. The van der Waals surface area contributed by atoms with Crippen molar-refractivity contribution in [2.75, 3.05) is 13.2 Å². The van der Waals surface area contributed by atoms with Gasteiger partial charge in [0.1, 0.15) is 0 Å². The van der Waals surface area contributed by atoms with Gasteiger partial charge >= 0.3 is 6.16 Å². The van der Waals surface area contributed by atoms with Crippen LogP contribution in [-0.4, -0.2) is 19.4 Å². The second-order valence-electron chi connectivity index (χ2n) is 11.2. The zero-order chi connectivity index (χ0) is 26.4. The summed E-state index contributed by atoms with van der Waals surface area (Å²) >= 11 is 0. The number of rotatable bonds is 28. The molecule has 36 heavy (non-hydrogen) atoms. The minimum Gasteiger partial charge on any atom is -0.434 e. The van der Waals surface area contributed by atoms with E-state index in [9.17, 15) is 4.79 Å². The number of carbonyl (C=O) groups is 1. The minimum absolute atomic E-state index is 0.483. The van der Waals surface area contributed by atoms with Gasteiger partial charge < -0.3 is 9.47 Å². The fraction of sp³-hybridized carbons (Fsp3) is 0.909. The number of carbonyl (C=O) groups excluding carboxylic acids is 1. The summed E-state index contributed by atoms with van der Waals surface area (Å²) in [6.45, 7) is 7.84. The Morgan fingerprint density at radius 2 is 0.889 bits per heavy atom. The molecule has 0 aromatic heterocycles. The molecule has 0 atom stereocenters. The van der Waals surface area contributed by atoms with Gasteiger partial charge in [0, 0.05) is 0 Å². The molecule has 0 saturated heterocycles. The van der Waals surface area contributed by atoms with Crippen LogP contribution in [0.3, 0.4) is 0 Å². The van der Waals surface area contributed by atoms with E-state index in [0.717, 1.165) is 31.6 Å². The summed E-state index contributed by atoms with van der Waals surface area (Å²) in [4.78, 5) is 11.6. The molecular formula is C33H64O3. The van der Waals surface area contributed by atoms with Gasteiger partial charge in [-0.2, -0.15) is 0 Å². The Balaban J connectivity index is 3.18. The molecule has 214 valence electrons. The third kappa shape index (κ3) is 31.0. The highest BCUT2D eigenvalue weighted by Crippen LogP contribution is 2.13. The summed E-state index contributed by atoms with van der Waals surface area (Å²) in [6, 6.07) is 0. The van der Waals surface area contributed by atoms with E-state index in [4.69, 9.17) is 9.47 Å². The lowest BCUT2D eigenvalue weighted by Crippen LogP contribution is -2.09. The normalized spacial score (nSPS) is 11.6. The van der Waals surface area contributed by atoms with Crippen molar-refractivity contribution < 1.29 is 14.3 Å². The molecule has 0 aromatic carbocycles. The minimum atomic E-state index is -0.483. The van der Waals surface area contributed by atoms with E-state index in [1.807, 2.05) is 0 Å². The Bertz CT molecular complexity index is 458. The fourth-order valence-corrected chi connectivity index (χ4v) is 4.59. The zero-order valence-corrected chi connectivity index (χ0v) is 24.8. The van der Waals surface area contributed by atoms with E-state index < -0.39 is 6.16 Å². The van der Waals surface area contributed by atoms with E-state index in [2.05, 4.69) is 32.9 Å². The van der Waals surface area contributed by atoms with Crippen molar-refractivity contribution in [1.29, 1.82) is 0 Å². The average molecular weight is 509 g/mol. The Kier molecular flexibility index (Phi) is 29.4. The van der Waals surface area contributed by atoms with Crippen molar-refractivity contribution in [2.45, 2.75) is 175 Å². The number of unbranched alkanes of at least 4 members (excludes halogenated alkanes) is 20. The summed E-state index contributed by atoms with van der Waals surface area (Å²) in [7, 11) is 0. The molecule has 0 fully saturated rings. The van der Waals surface area contributed by atoms with Crippen LogP contribution in [0.15, 0.2) is 12.2 Å². The molecule has 3 nitrogen and oxygen atoms in total. The van der Waals surface area contributed by atoms with Crippen LogP contribution in [0.5, 0.6) is 0 Å². The van der Waals surface area contributed by atoms with Crippen LogP contribution in [0.2, 0.25) is 0 Å². The first-order chi connectivity index (χ1) is 17.7. The quantitative estimate of drug-likeness (QED) is 0.0598. The zero-order valence-electron chi connectivity index (χ0n) is 24.8. The molecule has 0 radical (unpaired) electrons. The summed E-state index contributed by atoms with van der Waals surface area (Å²) in [5.74, 6) is 0.806. The van der Waals surface area contributed by atoms with Gasteiger partial charge in [0.25, 0.3) is 0 Å². The summed E-state index contributed by atoms with van der Waals surface area (Å²) in [6.07, 6.45) is 35.4. The van der Waals surface area contributed by atoms with E-state index in [0.29, 0.717) is 13.2 Å². The maximum atomic E-state index is 11.6. The number of ether oxygens (including phenoxy) is 2. The maximum Gasteiger partial charge on any atom is 0.508 e. The molecule has 0 aliphatic heterocycles. The molecule has 3 heteroatoms. The predicted molar refractivity (Wildman–Crippen MR) is 158 cm³/mol. The molecule has 0 amide bonds. The van der Waals surface area contributed by atoms with Gasteiger partial charge in [0.2, 0.25) is 0 Å². The van der Waals surface area contributed by atoms with Crippen LogP contribution in [0.4, 0.5) is 4.79 Å². The largest absolute Gasteiger partial charge is 0.508 e. The maximum absolute atomic E-state index is 11.6. The van der Waals surface area contributed by atoms with Crippen LogP contribution in [0.1, 0.15) is 175 Å². The van der Waals surface area contributed by atoms with E-state index >= 15 is 0 Å². The molecule has 0 heterocycles. The Morgan fingerprint density at radius 3 is 1.31 bits per heavy atom. The van der Waals surface area contributed by atoms with Gasteiger partial charge in [-0.3, -0.25) is 0 Å². The predicted octanol–water partition coefficient (Wildman–Crippen LogP) is 11.7. The lowest BCUT2D eigenvalue weighted by Gasteiger charge is -2.07. The van der Waals surface area contributed by atoms with E-state index in [1.54, 1.807) is 0 Å². The van der Waals surface area contributed by atoms with Crippen LogP contribution in [0.25, 0.3) is 0 Å². The smallest absolute Gasteiger partial charge is 0.434 e. The van der Waals surface area contributed by atoms with Crippen LogP contribution in [-0.2, 0) is 9.47 Å². The van der Waals surface area contributed by atoms with Gasteiger partial charge in [-0.15, -0.1) is 0 Å². The number of hydrogen-bond acceptors (Lipinski definition) is 3. The molecule has 0 saturated carbocycles. The van der Waals surface area contributed by atoms with Gasteiger partial charge in [-0.1, -0.05) is 148 Å². The highest BCUT2D eigenvalue weighted by Gasteiger charge is 2.03. The van der Waals surface area contributed by atoms with Crippen molar-refractivity contribution in [3.8, 4) is 0 Å². The van der Waals surface area contributed by atoms with Crippen molar-refractivity contribution in [1.82, 2.24) is 0 Å². The summed E-state index contributed by atoms with van der Waals surface area (Å²) in [5.41, 5.74) is 0. The molecule has 0 unspecified atom stereocenters. The standard InChI is InChI=1S/C33H64O3/c1-4-5-6-7-8-9-10-11-12-13-14-15-16-17-18-19-20-21-24-27-30-35-33(34)36-31-28-25-22-23-26-29-32(2)3/h11-12,32H,4-10,13-31H2,1-3H3/b12-11-. The molecule has 0 bridgehead atoms. The van der Waals surface area contributed by atoms with Crippen LogP contribution < -0.4 is 0 Å². The number of allylic oxidation sites excluding steroid dienone is 2. The topological polar surface area (TPSA) is 35.5 Å². The van der Waals surface area contributed by atoms with E-state index in [1.165, 1.54) is 128 Å². The SMILES string of the molecule is CCCCCCCC/C=C\CCCCCCCCCCCCOC(=O)OCCCCCCCC(C)C. The second kappa shape index (κ2) is 30.2. The van der Waals surface area contributed by atoms with Crippen molar-refractivity contribution in [2.24, 2.45) is 5.92 Å². The van der Waals surface area contributed by atoms with Crippen LogP contribution >= 0.6 is 0 Å². The first kappa shape index (κ1) is 35.0. The van der Waals surface area contributed by atoms with E-state index in [-0.39, 0.29) is 0 Å². The molecular weight excluding hydrogens is 444 g/mol. The average Bonchev–Trinajstić information content (AvgIpc) is 2.86. The molecule has 0 aliphatic rings. The summed E-state index contributed by atoms with van der Waals surface area (Å²) in [5, 5.41) is 0. The van der Waals surface area contributed by atoms with Gasteiger partial charge in [0.15, 0.2) is 0 Å². The van der Waals surface area contributed by atoms with Crippen molar-refractivity contribution in [3.63, 3.8) is 0 Å². The first-order valence-electron chi connectivity index (χ1n) is 16.1. The second-order valence-corrected chi connectivity index (χ2v) is 11.2. The summed E-state index contributed by atoms with van der Waals surface area (Å²) < 4.78 is 10.4. The van der Waals surface area contributed by atoms with Crippen molar-refractivity contribution in [3.05, 3.63) is 12.2 Å². The first-order valence-corrected chi connectivity index (χ1v) is 16.1. The molecule has 0 N–H and O–H groups in total. The highest BCUT2D eigenvalue weighted by molar-refractivity contribution is 5.59. The van der Waals surface area contributed by atoms with Gasteiger partial charge in [-0.05, 0) is 44.4 Å². The Morgan fingerprint density at radius 1 is 0.528 bits per heavy atom. The molecule has 0 rings (SSSR count). The molecule has 0 aromatic rings. The lowest BCUT2D eigenvalue weighted by atomic mass is 10.0. The Labute approximate surface area is 226 Å². The third-order valence-electron chi connectivity index (χ3n) is 7.02. The highest BCUT2D eigenvalue weighted by atomic mass is 16.7. The Hall–Kier alpha value is -0.990. The van der Waals surface area contributed by atoms with Crippen molar-refractivity contribution >= 4 is 6.16 Å². The lowest BCUT2D eigenvalue weighted by molar-refractivity contribution is 0.0529.